The molecule has 0 bridgehead atoms. The number of pyridine rings is 1. The van der Waals surface area contributed by atoms with Crippen LogP contribution in [0.4, 0.5) is 0 Å². The van der Waals surface area contributed by atoms with E-state index >= 15 is 0 Å². The van der Waals surface area contributed by atoms with Crippen LogP contribution in [0.2, 0.25) is 0 Å². The molecule has 3 nitrogen and oxygen atoms in total. The van der Waals surface area contributed by atoms with Gasteiger partial charge in [-0.15, -0.1) is 0 Å². The predicted octanol–water partition coefficient (Wildman–Crippen LogP) is 2.87. The fourth-order valence-corrected chi connectivity index (χ4v) is 1.82. The minimum absolute atomic E-state index is 0.664. The van der Waals surface area contributed by atoms with Gasteiger partial charge in [-0.25, -0.2) is 0 Å². The molecule has 0 aliphatic carbocycles. The van der Waals surface area contributed by atoms with Crippen molar-refractivity contribution in [2.45, 2.75) is 20.4 Å². The van der Waals surface area contributed by atoms with Crippen LogP contribution in [0.5, 0.6) is 5.75 Å². The van der Waals surface area contributed by atoms with Gasteiger partial charge in [0, 0.05) is 19.3 Å². The first kappa shape index (κ1) is 13.6. The van der Waals surface area contributed by atoms with Crippen LogP contribution in [0.15, 0.2) is 42.6 Å². The van der Waals surface area contributed by atoms with Crippen LogP contribution in [0.25, 0.3) is 0 Å². The first-order chi connectivity index (χ1) is 9.25. The number of rotatable bonds is 6. The summed E-state index contributed by atoms with van der Waals surface area (Å²) in [5.41, 5.74) is 3.45. The second kappa shape index (κ2) is 6.90. The maximum absolute atomic E-state index is 5.77. The summed E-state index contributed by atoms with van der Waals surface area (Å²) in [6.07, 6.45) is 1.81. The number of ether oxygens (including phenoxy) is 1. The molecule has 1 aromatic carbocycles. The average Bonchev–Trinajstić information content (AvgIpc) is 2.43. The summed E-state index contributed by atoms with van der Waals surface area (Å²) in [4.78, 5) is 4.26. The average molecular weight is 256 g/mol. The van der Waals surface area contributed by atoms with Crippen LogP contribution in [-0.2, 0) is 6.54 Å². The van der Waals surface area contributed by atoms with Gasteiger partial charge in [0.2, 0.25) is 0 Å². The third kappa shape index (κ3) is 4.38. The predicted molar refractivity (Wildman–Crippen MR) is 77.4 cm³/mol. The molecule has 0 saturated heterocycles. The quantitative estimate of drug-likeness (QED) is 0.807. The van der Waals surface area contributed by atoms with Crippen molar-refractivity contribution in [1.82, 2.24) is 10.3 Å². The molecule has 0 atom stereocenters. The molecule has 1 N–H and O–H groups in total. The molecule has 19 heavy (non-hydrogen) atoms. The molecule has 100 valence electrons. The van der Waals surface area contributed by atoms with Crippen molar-refractivity contribution < 1.29 is 4.74 Å². The lowest BCUT2D eigenvalue weighted by Gasteiger charge is -2.10. The van der Waals surface area contributed by atoms with E-state index in [2.05, 4.69) is 42.3 Å². The smallest absolute Gasteiger partial charge is 0.122 e. The largest absolute Gasteiger partial charge is 0.492 e. The van der Waals surface area contributed by atoms with Crippen molar-refractivity contribution in [3.8, 4) is 5.75 Å². The van der Waals surface area contributed by atoms with E-state index in [0.29, 0.717) is 6.61 Å². The van der Waals surface area contributed by atoms with Gasteiger partial charge in [0.1, 0.15) is 12.4 Å². The summed E-state index contributed by atoms with van der Waals surface area (Å²) in [7, 11) is 0. The lowest BCUT2D eigenvalue weighted by atomic mass is 10.1. The van der Waals surface area contributed by atoms with Crippen molar-refractivity contribution in [3.05, 3.63) is 59.4 Å². The Labute approximate surface area is 114 Å². The van der Waals surface area contributed by atoms with Crippen molar-refractivity contribution in [3.63, 3.8) is 0 Å². The minimum atomic E-state index is 0.664. The van der Waals surface area contributed by atoms with Crippen LogP contribution >= 0.6 is 0 Å². The summed E-state index contributed by atoms with van der Waals surface area (Å²) >= 11 is 0. The Bertz CT molecular complexity index is 511. The zero-order chi connectivity index (χ0) is 13.5. The summed E-state index contributed by atoms with van der Waals surface area (Å²) in [5, 5.41) is 3.32. The van der Waals surface area contributed by atoms with E-state index in [-0.39, 0.29) is 0 Å². The highest BCUT2D eigenvalue weighted by Gasteiger charge is 1.99. The Morgan fingerprint density at radius 2 is 2.05 bits per heavy atom. The molecular weight excluding hydrogens is 236 g/mol. The van der Waals surface area contributed by atoms with Crippen LogP contribution < -0.4 is 10.1 Å². The van der Waals surface area contributed by atoms with Crippen molar-refractivity contribution in [1.29, 1.82) is 0 Å². The van der Waals surface area contributed by atoms with Gasteiger partial charge in [-0.05, 0) is 43.2 Å². The second-order valence-electron chi connectivity index (χ2n) is 4.62. The molecule has 0 amide bonds. The Balaban J connectivity index is 1.71. The van der Waals surface area contributed by atoms with E-state index in [9.17, 15) is 0 Å². The van der Waals surface area contributed by atoms with Gasteiger partial charge >= 0.3 is 0 Å². The Morgan fingerprint density at radius 1 is 1.16 bits per heavy atom. The zero-order valence-electron chi connectivity index (χ0n) is 11.5. The maximum atomic E-state index is 5.77. The van der Waals surface area contributed by atoms with Crippen LogP contribution in [-0.4, -0.2) is 18.1 Å². The number of aromatic nitrogens is 1. The third-order valence-electron chi connectivity index (χ3n) is 2.91. The lowest BCUT2D eigenvalue weighted by Crippen LogP contribution is -2.21. The molecule has 3 heteroatoms. The number of benzene rings is 1. The van der Waals surface area contributed by atoms with E-state index in [4.69, 9.17) is 4.74 Å². The monoisotopic (exact) mass is 256 g/mol. The van der Waals surface area contributed by atoms with Gasteiger partial charge in [0.15, 0.2) is 0 Å². The standard InChI is InChI=1S/C16H20N2O/c1-13-6-7-14(2)16(11-13)19-10-9-17-12-15-5-3-4-8-18-15/h3-8,11,17H,9-10,12H2,1-2H3. The highest BCUT2D eigenvalue weighted by Crippen LogP contribution is 2.18. The topological polar surface area (TPSA) is 34.1 Å². The van der Waals surface area contributed by atoms with Gasteiger partial charge in [0.05, 0.1) is 5.69 Å². The lowest BCUT2D eigenvalue weighted by molar-refractivity contribution is 0.311. The highest BCUT2D eigenvalue weighted by molar-refractivity contribution is 5.35. The Morgan fingerprint density at radius 3 is 2.84 bits per heavy atom. The molecule has 1 aromatic heterocycles. The fraction of sp³-hybridized carbons (Fsp3) is 0.312. The Hall–Kier alpha value is -1.87. The third-order valence-corrected chi connectivity index (χ3v) is 2.91. The first-order valence-corrected chi connectivity index (χ1v) is 6.56. The number of hydrogen-bond donors (Lipinski definition) is 1. The van der Waals surface area contributed by atoms with E-state index in [0.717, 1.165) is 24.5 Å². The van der Waals surface area contributed by atoms with E-state index in [1.165, 1.54) is 11.1 Å². The van der Waals surface area contributed by atoms with Gasteiger partial charge in [0.25, 0.3) is 0 Å². The molecule has 0 saturated carbocycles. The SMILES string of the molecule is Cc1ccc(C)c(OCCNCc2ccccn2)c1. The maximum Gasteiger partial charge on any atom is 0.122 e. The number of aryl methyl sites for hydroxylation is 2. The zero-order valence-corrected chi connectivity index (χ0v) is 11.5. The second-order valence-corrected chi connectivity index (χ2v) is 4.62. The molecule has 1 heterocycles. The molecule has 0 aliphatic heterocycles. The van der Waals surface area contributed by atoms with Crippen molar-refractivity contribution in [2.75, 3.05) is 13.2 Å². The summed E-state index contributed by atoms with van der Waals surface area (Å²) in [6.45, 7) is 6.39. The summed E-state index contributed by atoms with van der Waals surface area (Å²) in [5.74, 6) is 0.972. The molecule has 0 radical (unpaired) electrons. The number of hydrogen-bond acceptors (Lipinski definition) is 3. The number of nitrogens with zero attached hydrogens (tertiary/aromatic N) is 1. The molecule has 0 aliphatic rings. The van der Waals surface area contributed by atoms with Gasteiger partial charge in [-0.1, -0.05) is 18.2 Å². The number of nitrogens with one attached hydrogen (secondary N) is 1. The van der Waals surface area contributed by atoms with Crippen LogP contribution in [0, 0.1) is 13.8 Å². The first-order valence-electron chi connectivity index (χ1n) is 6.56. The Kier molecular flexibility index (Phi) is 4.93. The highest BCUT2D eigenvalue weighted by atomic mass is 16.5. The molecule has 2 rings (SSSR count). The fourth-order valence-electron chi connectivity index (χ4n) is 1.82. The normalized spacial score (nSPS) is 10.4. The molecular formula is C16H20N2O. The van der Waals surface area contributed by atoms with E-state index in [1.807, 2.05) is 24.4 Å². The minimum Gasteiger partial charge on any atom is -0.492 e. The van der Waals surface area contributed by atoms with E-state index in [1.54, 1.807) is 0 Å². The van der Waals surface area contributed by atoms with Crippen molar-refractivity contribution in [2.24, 2.45) is 0 Å². The van der Waals surface area contributed by atoms with Crippen molar-refractivity contribution >= 4 is 0 Å². The van der Waals surface area contributed by atoms with Gasteiger partial charge in [-0.2, -0.15) is 0 Å². The van der Waals surface area contributed by atoms with Crippen LogP contribution in [0.3, 0.4) is 0 Å². The molecule has 0 fully saturated rings. The van der Waals surface area contributed by atoms with E-state index < -0.39 is 0 Å². The van der Waals surface area contributed by atoms with Crippen LogP contribution in [0.1, 0.15) is 16.8 Å². The molecule has 0 unspecified atom stereocenters. The molecule has 2 aromatic rings. The van der Waals surface area contributed by atoms with Gasteiger partial charge < -0.3 is 10.1 Å². The summed E-state index contributed by atoms with van der Waals surface area (Å²) in [6, 6.07) is 12.2. The molecule has 0 spiro atoms. The summed E-state index contributed by atoms with van der Waals surface area (Å²) < 4.78 is 5.77. The van der Waals surface area contributed by atoms with Gasteiger partial charge in [-0.3, -0.25) is 4.98 Å².